The molecule has 3 aromatic rings. The Hall–Kier alpha value is -2.45. The number of aromatic amines is 1. The van der Waals surface area contributed by atoms with Gasteiger partial charge in [0.2, 0.25) is 5.82 Å². The van der Waals surface area contributed by atoms with Crippen LogP contribution >= 0.6 is 15.9 Å². The molecule has 0 saturated heterocycles. The summed E-state index contributed by atoms with van der Waals surface area (Å²) in [6.07, 6.45) is 2.19. The van der Waals surface area contributed by atoms with Crippen LogP contribution in [0.4, 0.5) is 11.5 Å². The Kier molecular flexibility index (Phi) is 4.39. The van der Waals surface area contributed by atoms with Crippen LogP contribution in [0.3, 0.4) is 0 Å². The number of ether oxygens (including phenoxy) is 1. The van der Waals surface area contributed by atoms with Crippen LogP contribution in [0.15, 0.2) is 28.9 Å². The van der Waals surface area contributed by atoms with Crippen molar-refractivity contribution in [3.8, 4) is 0 Å². The van der Waals surface area contributed by atoms with Crippen molar-refractivity contribution in [3.05, 3.63) is 45.8 Å². The first-order valence-electron chi connectivity index (χ1n) is 8.66. The quantitative estimate of drug-likeness (QED) is 0.572. The molecule has 1 aliphatic carbocycles. The van der Waals surface area contributed by atoms with Crippen LogP contribution in [0.1, 0.15) is 41.5 Å². The number of hydrogen-bond donors (Lipinski definition) is 3. The molecule has 140 valence electrons. The van der Waals surface area contributed by atoms with E-state index in [1.54, 1.807) is 7.11 Å². The minimum atomic E-state index is -0.409. The fourth-order valence-corrected chi connectivity index (χ4v) is 4.10. The molecule has 8 heteroatoms. The summed E-state index contributed by atoms with van der Waals surface area (Å²) in [6.45, 7) is 2.71. The van der Waals surface area contributed by atoms with Gasteiger partial charge in [-0.2, -0.15) is 0 Å². The zero-order valence-electron chi connectivity index (χ0n) is 15.1. The second kappa shape index (κ2) is 6.61. The van der Waals surface area contributed by atoms with Gasteiger partial charge in [-0.1, -0.05) is 19.1 Å². The zero-order valence-corrected chi connectivity index (χ0v) is 16.7. The van der Waals surface area contributed by atoms with Crippen molar-refractivity contribution in [3.63, 3.8) is 0 Å². The number of benzene rings is 1. The highest BCUT2D eigenvalue weighted by molar-refractivity contribution is 9.10. The second-order valence-corrected chi connectivity index (χ2v) is 7.91. The molecule has 2 heterocycles. The molecule has 2 aromatic heterocycles. The van der Waals surface area contributed by atoms with E-state index < -0.39 is 5.91 Å². The van der Waals surface area contributed by atoms with E-state index in [-0.39, 0.29) is 11.2 Å². The van der Waals surface area contributed by atoms with E-state index in [4.69, 9.17) is 10.5 Å². The predicted molar refractivity (Wildman–Crippen MR) is 108 cm³/mol. The van der Waals surface area contributed by atoms with Gasteiger partial charge in [-0.25, -0.2) is 9.97 Å². The van der Waals surface area contributed by atoms with Crippen molar-refractivity contribution >= 4 is 44.4 Å². The van der Waals surface area contributed by atoms with E-state index >= 15 is 0 Å². The molecular weight excluding hydrogens is 410 g/mol. The summed E-state index contributed by atoms with van der Waals surface area (Å²) >= 11 is 3.56. The van der Waals surface area contributed by atoms with Gasteiger partial charge in [0.25, 0.3) is 5.91 Å². The highest BCUT2D eigenvalue weighted by Gasteiger charge is 2.43. The number of nitrogen functional groups attached to an aromatic ring is 1. The third kappa shape index (κ3) is 3.30. The van der Waals surface area contributed by atoms with Crippen LogP contribution in [-0.4, -0.2) is 28.0 Å². The summed E-state index contributed by atoms with van der Waals surface area (Å²) in [5.74, 6) is -0.0686. The van der Waals surface area contributed by atoms with Crippen LogP contribution in [0.2, 0.25) is 0 Å². The average Bonchev–Trinajstić information content (AvgIpc) is 3.27. The number of fused-ring (bicyclic) bond motifs is 1. The first-order chi connectivity index (χ1) is 12.9. The molecular formula is C19H20BrN5O2. The molecule has 1 saturated carbocycles. The number of hydrogen-bond acceptors (Lipinski definition) is 5. The van der Waals surface area contributed by atoms with Crippen LogP contribution in [0.25, 0.3) is 11.0 Å². The lowest BCUT2D eigenvalue weighted by Gasteiger charge is -2.10. The topological polar surface area (TPSA) is 106 Å². The third-order valence-corrected chi connectivity index (χ3v) is 5.56. The van der Waals surface area contributed by atoms with Crippen molar-refractivity contribution < 1.29 is 9.53 Å². The number of methoxy groups -OCH3 is 1. The van der Waals surface area contributed by atoms with Crippen molar-refractivity contribution in [2.75, 3.05) is 18.2 Å². The van der Waals surface area contributed by atoms with E-state index in [2.05, 4.69) is 43.1 Å². The number of nitrogens with zero attached hydrogens (tertiary/aromatic N) is 2. The fraction of sp³-hybridized carbons (Fsp3) is 0.316. The summed E-state index contributed by atoms with van der Waals surface area (Å²) in [6, 6.07) is 7.40. The molecule has 0 unspecified atom stereocenters. The molecule has 0 bridgehead atoms. The normalized spacial score (nSPS) is 15.1. The van der Waals surface area contributed by atoms with E-state index in [9.17, 15) is 4.79 Å². The number of carbonyl (C=O) groups excluding carboxylic acids is 1. The average molecular weight is 430 g/mol. The highest BCUT2D eigenvalue weighted by Crippen LogP contribution is 2.53. The van der Waals surface area contributed by atoms with Gasteiger partial charge >= 0.3 is 0 Å². The molecule has 0 atom stereocenters. The molecule has 4 rings (SSSR count). The summed E-state index contributed by atoms with van der Waals surface area (Å²) < 4.78 is 5.94. The van der Waals surface area contributed by atoms with Crippen LogP contribution in [0, 0.1) is 0 Å². The monoisotopic (exact) mass is 429 g/mol. The molecule has 1 aliphatic rings. The number of halogens is 1. The molecule has 0 spiro atoms. The van der Waals surface area contributed by atoms with E-state index in [0.717, 1.165) is 34.0 Å². The van der Waals surface area contributed by atoms with Crippen LogP contribution in [-0.2, 0) is 16.8 Å². The Morgan fingerprint density at radius 1 is 1.33 bits per heavy atom. The number of H-pyrrole nitrogens is 1. The maximum Gasteiger partial charge on any atom is 0.293 e. The molecule has 1 amide bonds. The summed E-state index contributed by atoms with van der Waals surface area (Å²) in [5, 5.41) is 3.59. The molecule has 27 heavy (non-hydrogen) atoms. The minimum Gasteiger partial charge on any atom is -0.383 e. The number of amides is 1. The zero-order chi connectivity index (χ0) is 19.2. The minimum absolute atomic E-state index is 0.0298. The summed E-state index contributed by atoms with van der Waals surface area (Å²) in [5.41, 5.74) is 9.62. The number of carbonyl (C=O) groups is 1. The number of aromatic nitrogens is 3. The Morgan fingerprint density at radius 2 is 2.04 bits per heavy atom. The number of nitrogens with two attached hydrogens (primary N) is 1. The largest absolute Gasteiger partial charge is 0.383 e. The SMILES string of the molecule is COCc1ccc(NC(=O)c2nc(N)c3c(C4(C)CC4)c(Br)[nH]c3n2)cc1. The Bertz CT molecular complexity index is 1020. The van der Waals surface area contributed by atoms with Gasteiger partial charge < -0.3 is 20.8 Å². The molecule has 0 radical (unpaired) electrons. The standard InChI is InChI=1S/C19H20BrN5O2/c1-19(7-8-19)13-12-15(21)24-17(25-16(12)23-14(13)20)18(26)22-11-5-3-10(4-6-11)9-27-2/h3-6H,7-9H2,1-2H3,(H,22,26)(H3,21,23,24,25). The summed E-state index contributed by atoms with van der Waals surface area (Å²) in [4.78, 5) is 24.4. The van der Waals surface area contributed by atoms with Crippen molar-refractivity contribution in [2.24, 2.45) is 0 Å². The smallest absolute Gasteiger partial charge is 0.293 e. The summed E-state index contributed by atoms with van der Waals surface area (Å²) in [7, 11) is 1.64. The maximum atomic E-state index is 12.6. The second-order valence-electron chi connectivity index (χ2n) is 7.11. The number of anilines is 2. The van der Waals surface area contributed by atoms with Crippen LogP contribution < -0.4 is 11.1 Å². The maximum absolute atomic E-state index is 12.6. The van der Waals surface area contributed by atoms with Gasteiger partial charge in [0, 0.05) is 18.4 Å². The van der Waals surface area contributed by atoms with Gasteiger partial charge in [0.1, 0.15) is 11.5 Å². The van der Waals surface area contributed by atoms with Gasteiger partial charge in [0.05, 0.1) is 16.6 Å². The van der Waals surface area contributed by atoms with E-state index in [1.165, 1.54) is 0 Å². The first-order valence-corrected chi connectivity index (χ1v) is 9.45. The van der Waals surface area contributed by atoms with Gasteiger partial charge in [0.15, 0.2) is 0 Å². The van der Waals surface area contributed by atoms with Gasteiger partial charge in [-0.3, -0.25) is 4.79 Å². The fourth-order valence-electron chi connectivity index (χ4n) is 3.23. The Labute approximate surface area is 164 Å². The lowest BCUT2D eigenvalue weighted by atomic mass is 9.99. The molecule has 7 nitrogen and oxygen atoms in total. The Morgan fingerprint density at radius 3 is 2.67 bits per heavy atom. The molecule has 0 aliphatic heterocycles. The Balaban J connectivity index is 1.63. The third-order valence-electron chi connectivity index (χ3n) is 4.96. The highest BCUT2D eigenvalue weighted by atomic mass is 79.9. The molecule has 1 aromatic carbocycles. The van der Waals surface area contributed by atoms with Crippen molar-refractivity contribution in [2.45, 2.75) is 31.8 Å². The van der Waals surface area contributed by atoms with E-state index in [0.29, 0.717) is 23.8 Å². The van der Waals surface area contributed by atoms with Crippen LogP contribution in [0.5, 0.6) is 0 Å². The molecule has 1 fully saturated rings. The lowest BCUT2D eigenvalue weighted by molar-refractivity contribution is 0.101. The number of rotatable bonds is 5. The van der Waals surface area contributed by atoms with Gasteiger partial charge in [-0.05, 0) is 51.9 Å². The predicted octanol–water partition coefficient (Wildman–Crippen LogP) is 3.75. The van der Waals surface area contributed by atoms with Gasteiger partial charge in [-0.15, -0.1) is 0 Å². The molecule has 4 N–H and O–H groups in total. The van der Waals surface area contributed by atoms with E-state index in [1.807, 2.05) is 24.3 Å². The van der Waals surface area contributed by atoms with Crippen molar-refractivity contribution in [1.82, 2.24) is 15.0 Å². The number of nitrogens with one attached hydrogen (secondary N) is 2. The lowest BCUT2D eigenvalue weighted by Crippen LogP contribution is -2.17. The van der Waals surface area contributed by atoms with Crippen molar-refractivity contribution in [1.29, 1.82) is 0 Å². The first kappa shape index (κ1) is 17.9.